The fourth-order valence-corrected chi connectivity index (χ4v) is 4.26. The Hall–Kier alpha value is -2.70. The van der Waals surface area contributed by atoms with E-state index in [0.29, 0.717) is 25.3 Å². The first-order chi connectivity index (χ1) is 13.0. The van der Waals surface area contributed by atoms with Crippen molar-refractivity contribution < 1.29 is 9.59 Å². The molecule has 1 saturated carbocycles. The largest absolute Gasteiger partial charge is 0.352 e. The molecule has 7 heteroatoms. The van der Waals surface area contributed by atoms with Crippen molar-refractivity contribution in [2.24, 2.45) is 18.4 Å². The number of carbonyl (C=O) groups excluding carboxylic acids is 2. The summed E-state index contributed by atoms with van der Waals surface area (Å²) in [6, 6.07) is 5.62. The SMILES string of the molecule is Cc1cc(C(=O)N2CC(C(=O)NCc3cccnc3)C3(CCC3)C2)nn1C. The Morgan fingerprint density at radius 1 is 1.37 bits per heavy atom. The molecule has 1 unspecified atom stereocenters. The zero-order valence-corrected chi connectivity index (χ0v) is 15.8. The number of hydrogen-bond donors (Lipinski definition) is 1. The van der Waals surface area contributed by atoms with Crippen molar-refractivity contribution >= 4 is 11.8 Å². The molecule has 2 amide bonds. The van der Waals surface area contributed by atoms with Gasteiger partial charge >= 0.3 is 0 Å². The second kappa shape index (κ2) is 6.79. The maximum atomic E-state index is 12.9. The number of rotatable bonds is 4. The Morgan fingerprint density at radius 2 is 2.19 bits per heavy atom. The molecule has 1 aliphatic carbocycles. The Bertz CT molecular complexity index is 837. The van der Waals surface area contributed by atoms with Crippen LogP contribution in [0.15, 0.2) is 30.6 Å². The summed E-state index contributed by atoms with van der Waals surface area (Å²) < 4.78 is 1.71. The number of amides is 2. The lowest BCUT2D eigenvalue weighted by molar-refractivity contribution is -0.129. The van der Waals surface area contributed by atoms with Gasteiger partial charge in [-0.2, -0.15) is 5.10 Å². The van der Waals surface area contributed by atoms with Crippen molar-refractivity contribution in [2.75, 3.05) is 13.1 Å². The van der Waals surface area contributed by atoms with Gasteiger partial charge in [0.1, 0.15) is 0 Å². The molecule has 0 radical (unpaired) electrons. The summed E-state index contributed by atoms with van der Waals surface area (Å²) >= 11 is 0. The van der Waals surface area contributed by atoms with E-state index in [-0.39, 0.29) is 23.1 Å². The first-order valence-corrected chi connectivity index (χ1v) is 9.45. The van der Waals surface area contributed by atoms with Crippen LogP contribution < -0.4 is 5.32 Å². The van der Waals surface area contributed by atoms with Gasteiger partial charge in [0.15, 0.2) is 5.69 Å². The molecule has 0 aromatic carbocycles. The molecule has 2 fully saturated rings. The van der Waals surface area contributed by atoms with Gasteiger partial charge in [0, 0.05) is 50.2 Å². The molecule has 1 N–H and O–H groups in total. The van der Waals surface area contributed by atoms with Gasteiger partial charge < -0.3 is 10.2 Å². The van der Waals surface area contributed by atoms with Crippen molar-refractivity contribution in [2.45, 2.75) is 32.7 Å². The Labute approximate surface area is 158 Å². The lowest BCUT2D eigenvalue weighted by atomic mass is 9.62. The van der Waals surface area contributed by atoms with Crippen LogP contribution >= 0.6 is 0 Å². The van der Waals surface area contributed by atoms with Crippen LogP contribution in [0, 0.1) is 18.3 Å². The minimum Gasteiger partial charge on any atom is -0.352 e. The molecule has 2 aromatic heterocycles. The van der Waals surface area contributed by atoms with E-state index in [1.165, 1.54) is 0 Å². The van der Waals surface area contributed by atoms with Gasteiger partial charge in [-0.15, -0.1) is 0 Å². The van der Waals surface area contributed by atoms with Crippen molar-refractivity contribution in [3.8, 4) is 0 Å². The van der Waals surface area contributed by atoms with Gasteiger partial charge in [0.25, 0.3) is 5.91 Å². The third-order valence-electron chi connectivity index (χ3n) is 6.12. The Morgan fingerprint density at radius 3 is 2.78 bits per heavy atom. The van der Waals surface area contributed by atoms with Gasteiger partial charge in [0.2, 0.25) is 5.91 Å². The zero-order chi connectivity index (χ0) is 19.0. The summed E-state index contributed by atoms with van der Waals surface area (Å²) in [4.78, 5) is 31.7. The number of aryl methyl sites for hydroxylation is 2. The van der Waals surface area contributed by atoms with Crippen LogP contribution in [0.25, 0.3) is 0 Å². The minimum absolute atomic E-state index is 0.0334. The van der Waals surface area contributed by atoms with E-state index in [2.05, 4.69) is 15.4 Å². The van der Waals surface area contributed by atoms with E-state index < -0.39 is 0 Å². The average Bonchev–Trinajstić information content (AvgIpc) is 3.21. The molecule has 1 spiro atoms. The smallest absolute Gasteiger partial charge is 0.274 e. The summed E-state index contributed by atoms with van der Waals surface area (Å²) in [6.45, 7) is 3.50. The topological polar surface area (TPSA) is 80.1 Å². The Kier molecular flexibility index (Phi) is 4.45. The Balaban J connectivity index is 1.46. The summed E-state index contributed by atoms with van der Waals surface area (Å²) in [6.07, 6.45) is 6.60. The molecule has 2 aromatic rings. The fraction of sp³-hybridized carbons (Fsp3) is 0.500. The molecular weight excluding hydrogens is 342 g/mol. The van der Waals surface area contributed by atoms with Crippen LogP contribution in [-0.2, 0) is 18.4 Å². The maximum Gasteiger partial charge on any atom is 0.274 e. The molecule has 142 valence electrons. The lowest BCUT2D eigenvalue weighted by Gasteiger charge is -2.41. The normalized spacial score (nSPS) is 20.5. The van der Waals surface area contributed by atoms with Crippen LogP contribution in [0.5, 0.6) is 0 Å². The van der Waals surface area contributed by atoms with Crippen LogP contribution in [0.1, 0.15) is 41.0 Å². The van der Waals surface area contributed by atoms with Crippen LogP contribution in [0.3, 0.4) is 0 Å². The second-order valence-corrected chi connectivity index (χ2v) is 7.83. The molecule has 4 rings (SSSR count). The summed E-state index contributed by atoms with van der Waals surface area (Å²) in [5, 5.41) is 7.35. The minimum atomic E-state index is -0.156. The summed E-state index contributed by atoms with van der Waals surface area (Å²) in [7, 11) is 1.83. The highest BCUT2D eigenvalue weighted by Gasteiger charge is 2.54. The first kappa shape index (κ1) is 17.7. The lowest BCUT2D eigenvalue weighted by Crippen LogP contribution is -2.45. The molecular formula is C20H25N5O2. The van der Waals surface area contributed by atoms with Gasteiger partial charge in [0.05, 0.1) is 5.92 Å². The number of nitrogens with one attached hydrogen (secondary N) is 1. The maximum absolute atomic E-state index is 12.9. The monoisotopic (exact) mass is 367 g/mol. The third kappa shape index (κ3) is 3.22. The van der Waals surface area contributed by atoms with Crippen LogP contribution in [0.2, 0.25) is 0 Å². The predicted octanol–water partition coefficient (Wildman–Crippen LogP) is 1.68. The van der Waals surface area contributed by atoms with Crippen molar-refractivity contribution in [3.05, 3.63) is 47.5 Å². The predicted molar refractivity (Wildman–Crippen MR) is 99.7 cm³/mol. The molecule has 27 heavy (non-hydrogen) atoms. The number of carbonyl (C=O) groups is 2. The molecule has 1 aliphatic heterocycles. The fourth-order valence-electron chi connectivity index (χ4n) is 4.26. The summed E-state index contributed by atoms with van der Waals surface area (Å²) in [5.41, 5.74) is 2.31. The summed E-state index contributed by atoms with van der Waals surface area (Å²) in [5.74, 6) is -0.199. The number of nitrogens with zero attached hydrogens (tertiary/aromatic N) is 4. The average molecular weight is 367 g/mol. The molecule has 0 bridgehead atoms. The van der Waals surface area contributed by atoms with E-state index in [1.54, 1.807) is 17.1 Å². The number of aromatic nitrogens is 3. The number of hydrogen-bond acceptors (Lipinski definition) is 4. The van der Waals surface area contributed by atoms with E-state index >= 15 is 0 Å². The van der Waals surface area contributed by atoms with E-state index in [1.807, 2.05) is 37.1 Å². The highest BCUT2D eigenvalue weighted by molar-refractivity contribution is 5.93. The number of pyridine rings is 1. The third-order valence-corrected chi connectivity index (χ3v) is 6.12. The van der Waals surface area contributed by atoms with Gasteiger partial charge in [-0.1, -0.05) is 12.5 Å². The van der Waals surface area contributed by atoms with E-state index in [0.717, 1.165) is 30.5 Å². The van der Waals surface area contributed by atoms with Crippen molar-refractivity contribution in [1.82, 2.24) is 25.0 Å². The first-order valence-electron chi connectivity index (χ1n) is 9.45. The van der Waals surface area contributed by atoms with Crippen molar-refractivity contribution in [1.29, 1.82) is 0 Å². The standard InChI is InChI=1S/C20H25N5O2/c1-14-9-17(23-24(14)2)19(27)25-12-16(20(13-25)6-4-7-20)18(26)22-11-15-5-3-8-21-10-15/h3,5,8-10,16H,4,6-7,11-13H2,1-2H3,(H,22,26). The quantitative estimate of drug-likeness (QED) is 0.892. The van der Waals surface area contributed by atoms with E-state index in [9.17, 15) is 9.59 Å². The zero-order valence-electron chi connectivity index (χ0n) is 15.8. The molecule has 1 saturated heterocycles. The molecule has 2 aliphatic rings. The number of likely N-dealkylation sites (tertiary alicyclic amines) is 1. The van der Waals surface area contributed by atoms with Crippen molar-refractivity contribution in [3.63, 3.8) is 0 Å². The highest BCUT2D eigenvalue weighted by Crippen LogP contribution is 2.51. The van der Waals surface area contributed by atoms with Gasteiger partial charge in [-0.25, -0.2) is 0 Å². The van der Waals surface area contributed by atoms with E-state index in [4.69, 9.17) is 0 Å². The van der Waals surface area contributed by atoms with Gasteiger partial charge in [-0.3, -0.25) is 19.3 Å². The van der Waals surface area contributed by atoms with Gasteiger partial charge in [-0.05, 0) is 37.5 Å². The molecule has 1 atom stereocenters. The molecule has 3 heterocycles. The second-order valence-electron chi connectivity index (χ2n) is 7.83. The van der Waals surface area contributed by atoms with Crippen LogP contribution in [0.4, 0.5) is 0 Å². The molecule has 7 nitrogen and oxygen atoms in total. The highest BCUT2D eigenvalue weighted by atomic mass is 16.2. The van der Waals surface area contributed by atoms with Crippen LogP contribution in [-0.4, -0.2) is 44.6 Å².